The first-order valence-corrected chi connectivity index (χ1v) is 8.09. The minimum atomic E-state index is -0.276. The smallest absolute Gasteiger partial charge is 0.319 e. The summed E-state index contributed by atoms with van der Waals surface area (Å²) in [5.41, 5.74) is 1.60. The van der Waals surface area contributed by atoms with Gasteiger partial charge in [0.15, 0.2) is 11.5 Å². The van der Waals surface area contributed by atoms with Crippen LogP contribution in [-0.4, -0.2) is 29.4 Å². The number of anilines is 1. The van der Waals surface area contributed by atoms with Crippen molar-refractivity contribution in [2.75, 3.05) is 18.5 Å². The van der Waals surface area contributed by atoms with Gasteiger partial charge in [-0.1, -0.05) is 19.9 Å². The van der Waals surface area contributed by atoms with E-state index in [2.05, 4.69) is 34.7 Å². The highest BCUT2D eigenvalue weighted by Gasteiger charge is 2.21. The SMILES string of the molecule is CC(C)[C@@H](NC(=O)Nc1cn[nH]c1)c1ccc2c(c1)OCCCO2. The highest BCUT2D eigenvalue weighted by atomic mass is 16.5. The number of nitrogens with one attached hydrogen (secondary N) is 3. The largest absolute Gasteiger partial charge is 0.490 e. The van der Waals surface area contributed by atoms with Crippen LogP contribution in [0.15, 0.2) is 30.6 Å². The number of urea groups is 1. The van der Waals surface area contributed by atoms with Gasteiger partial charge in [0.25, 0.3) is 0 Å². The van der Waals surface area contributed by atoms with Crippen molar-refractivity contribution in [2.45, 2.75) is 26.3 Å². The number of carbonyl (C=O) groups is 1. The van der Waals surface area contributed by atoms with Gasteiger partial charge < -0.3 is 20.1 Å². The van der Waals surface area contributed by atoms with Gasteiger partial charge in [0.2, 0.25) is 0 Å². The Labute approximate surface area is 140 Å². The number of benzene rings is 1. The standard InChI is InChI=1S/C17H22N4O3/c1-11(2)16(21-17(22)20-13-9-18-19-10-13)12-4-5-14-15(8-12)24-7-3-6-23-14/h4-5,8-11,16H,3,6-7H2,1-2H3,(H,18,19)(H2,20,21,22)/t16-/m1/s1. The Kier molecular flexibility index (Phi) is 4.88. The number of aromatic nitrogens is 2. The van der Waals surface area contributed by atoms with E-state index in [1.165, 1.54) is 0 Å². The number of H-pyrrole nitrogens is 1. The van der Waals surface area contributed by atoms with Crippen LogP contribution in [0, 0.1) is 5.92 Å². The molecule has 1 aromatic carbocycles. The molecule has 1 aliphatic rings. The number of rotatable bonds is 4. The zero-order chi connectivity index (χ0) is 16.9. The Morgan fingerprint density at radius 2 is 2.04 bits per heavy atom. The normalized spacial score (nSPS) is 14.8. The summed E-state index contributed by atoms with van der Waals surface area (Å²) in [5, 5.41) is 12.2. The van der Waals surface area contributed by atoms with E-state index in [4.69, 9.17) is 9.47 Å². The molecule has 1 atom stereocenters. The van der Waals surface area contributed by atoms with Crippen LogP contribution in [0.3, 0.4) is 0 Å². The second kappa shape index (κ2) is 7.25. The van der Waals surface area contributed by atoms with Crippen molar-refractivity contribution < 1.29 is 14.3 Å². The summed E-state index contributed by atoms with van der Waals surface area (Å²) in [6.45, 7) is 5.42. The Morgan fingerprint density at radius 3 is 2.75 bits per heavy atom. The first-order valence-electron chi connectivity index (χ1n) is 8.09. The molecule has 0 spiro atoms. The van der Waals surface area contributed by atoms with Gasteiger partial charge >= 0.3 is 6.03 Å². The number of hydrogen-bond acceptors (Lipinski definition) is 4. The van der Waals surface area contributed by atoms with E-state index >= 15 is 0 Å². The molecule has 0 unspecified atom stereocenters. The molecule has 3 rings (SSSR count). The molecule has 7 nitrogen and oxygen atoms in total. The monoisotopic (exact) mass is 330 g/mol. The van der Waals surface area contributed by atoms with Crippen LogP contribution in [0.2, 0.25) is 0 Å². The molecule has 2 amide bonds. The second-order valence-electron chi connectivity index (χ2n) is 6.06. The van der Waals surface area contributed by atoms with Crippen LogP contribution in [0.4, 0.5) is 10.5 Å². The highest BCUT2D eigenvalue weighted by molar-refractivity contribution is 5.89. The van der Waals surface area contributed by atoms with Crippen molar-refractivity contribution >= 4 is 11.7 Å². The second-order valence-corrected chi connectivity index (χ2v) is 6.06. The molecular weight excluding hydrogens is 308 g/mol. The van der Waals surface area contributed by atoms with Gasteiger partial charge in [0.05, 0.1) is 31.1 Å². The molecule has 7 heteroatoms. The number of carbonyl (C=O) groups excluding carboxylic acids is 1. The summed E-state index contributed by atoms with van der Waals surface area (Å²) >= 11 is 0. The van der Waals surface area contributed by atoms with E-state index in [1.54, 1.807) is 12.4 Å². The number of aromatic amines is 1. The molecule has 128 valence electrons. The van der Waals surface area contributed by atoms with Crippen molar-refractivity contribution in [1.82, 2.24) is 15.5 Å². The minimum absolute atomic E-state index is 0.144. The van der Waals surface area contributed by atoms with E-state index in [0.29, 0.717) is 18.9 Å². The lowest BCUT2D eigenvalue weighted by Gasteiger charge is -2.24. The van der Waals surface area contributed by atoms with E-state index in [1.807, 2.05) is 18.2 Å². The van der Waals surface area contributed by atoms with E-state index < -0.39 is 0 Å². The number of nitrogens with zero attached hydrogens (tertiary/aromatic N) is 1. The molecular formula is C17H22N4O3. The zero-order valence-electron chi connectivity index (χ0n) is 13.8. The molecule has 0 saturated heterocycles. The minimum Gasteiger partial charge on any atom is -0.490 e. The fourth-order valence-electron chi connectivity index (χ4n) is 2.64. The van der Waals surface area contributed by atoms with Crippen LogP contribution in [0.1, 0.15) is 31.9 Å². The molecule has 0 saturated carbocycles. The Bertz CT molecular complexity index is 685. The lowest BCUT2D eigenvalue weighted by Crippen LogP contribution is -2.35. The maximum atomic E-state index is 12.2. The quantitative estimate of drug-likeness (QED) is 0.804. The fourth-order valence-corrected chi connectivity index (χ4v) is 2.64. The average Bonchev–Trinajstić information content (AvgIpc) is 2.94. The lowest BCUT2D eigenvalue weighted by molar-refractivity contribution is 0.244. The van der Waals surface area contributed by atoms with Gasteiger partial charge in [-0.3, -0.25) is 5.10 Å². The van der Waals surface area contributed by atoms with Crippen molar-refractivity contribution in [3.8, 4) is 11.5 Å². The Morgan fingerprint density at radius 1 is 1.25 bits per heavy atom. The van der Waals surface area contributed by atoms with Crippen molar-refractivity contribution in [3.05, 3.63) is 36.2 Å². The topological polar surface area (TPSA) is 88.3 Å². The van der Waals surface area contributed by atoms with Crippen molar-refractivity contribution in [1.29, 1.82) is 0 Å². The number of amides is 2. The molecule has 0 aliphatic carbocycles. The predicted octanol–water partition coefficient (Wildman–Crippen LogP) is 3.09. The number of ether oxygens (including phenoxy) is 2. The molecule has 0 fully saturated rings. The summed E-state index contributed by atoms with van der Waals surface area (Å²) in [6, 6.07) is 5.40. The molecule has 1 aromatic heterocycles. The van der Waals surface area contributed by atoms with Crippen LogP contribution >= 0.6 is 0 Å². The predicted molar refractivity (Wildman–Crippen MR) is 90.4 cm³/mol. The summed E-state index contributed by atoms with van der Waals surface area (Å²) < 4.78 is 11.4. The lowest BCUT2D eigenvalue weighted by atomic mass is 9.96. The van der Waals surface area contributed by atoms with Crippen LogP contribution < -0.4 is 20.1 Å². The summed E-state index contributed by atoms with van der Waals surface area (Å²) in [6.07, 6.45) is 4.04. The molecule has 24 heavy (non-hydrogen) atoms. The molecule has 1 aliphatic heterocycles. The summed E-state index contributed by atoms with van der Waals surface area (Å²) in [7, 11) is 0. The van der Waals surface area contributed by atoms with Crippen molar-refractivity contribution in [2.24, 2.45) is 5.92 Å². The fraction of sp³-hybridized carbons (Fsp3) is 0.412. The highest BCUT2D eigenvalue weighted by Crippen LogP contribution is 2.34. The van der Waals surface area contributed by atoms with Crippen LogP contribution in [-0.2, 0) is 0 Å². The van der Waals surface area contributed by atoms with E-state index in [0.717, 1.165) is 23.5 Å². The van der Waals surface area contributed by atoms with Gasteiger partial charge in [0.1, 0.15) is 0 Å². The van der Waals surface area contributed by atoms with Gasteiger partial charge in [-0.15, -0.1) is 0 Å². The first kappa shape index (κ1) is 16.2. The van der Waals surface area contributed by atoms with Crippen LogP contribution in [0.5, 0.6) is 11.5 Å². The average molecular weight is 330 g/mol. The third-order valence-electron chi connectivity index (χ3n) is 3.84. The summed E-state index contributed by atoms with van der Waals surface area (Å²) in [5.74, 6) is 1.69. The molecule has 2 aromatic rings. The molecule has 0 bridgehead atoms. The number of hydrogen-bond donors (Lipinski definition) is 3. The maximum Gasteiger partial charge on any atom is 0.319 e. The first-order chi connectivity index (χ1) is 11.6. The third kappa shape index (κ3) is 3.79. The van der Waals surface area contributed by atoms with Gasteiger partial charge in [0, 0.05) is 12.6 Å². The van der Waals surface area contributed by atoms with Crippen LogP contribution in [0.25, 0.3) is 0 Å². The molecule has 2 heterocycles. The van der Waals surface area contributed by atoms with Gasteiger partial charge in [-0.25, -0.2) is 4.79 Å². The van der Waals surface area contributed by atoms with Gasteiger partial charge in [-0.05, 0) is 23.6 Å². The number of fused-ring (bicyclic) bond motifs is 1. The zero-order valence-corrected chi connectivity index (χ0v) is 13.8. The van der Waals surface area contributed by atoms with Gasteiger partial charge in [-0.2, -0.15) is 5.10 Å². The third-order valence-corrected chi connectivity index (χ3v) is 3.84. The van der Waals surface area contributed by atoms with Crippen molar-refractivity contribution in [3.63, 3.8) is 0 Å². The molecule has 3 N–H and O–H groups in total. The van der Waals surface area contributed by atoms with E-state index in [9.17, 15) is 4.79 Å². The Hall–Kier alpha value is -2.70. The van der Waals surface area contributed by atoms with E-state index in [-0.39, 0.29) is 18.0 Å². The maximum absolute atomic E-state index is 12.2. The summed E-state index contributed by atoms with van der Waals surface area (Å²) in [4.78, 5) is 12.2. The molecule has 0 radical (unpaired) electrons. The Balaban J connectivity index is 1.75.